The van der Waals surface area contributed by atoms with Gasteiger partial charge in [-0.15, -0.1) is 0 Å². The number of carbonyl (C=O) groups is 1. The molecule has 0 aliphatic heterocycles. The van der Waals surface area contributed by atoms with Crippen LogP contribution in [-0.4, -0.2) is 25.8 Å². The van der Waals surface area contributed by atoms with Gasteiger partial charge in [0.15, 0.2) is 11.2 Å². The van der Waals surface area contributed by atoms with Crippen LogP contribution in [0.2, 0.25) is 0 Å². The van der Waals surface area contributed by atoms with Crippen molar-refractivity contribution in [1.29, 1.82) is 0 Å². The Bertz CT molecular complexity index is 3530. The zero-order valence-corrected chi connectivity index (χ0v) is 40.5. The lowest BCUT2D eigenvalue weighted by Gasteiger charge is -2.22. The molecule has 0 saturated heterocycles. The van der Waals surface area contributed by atoms with Gasteiger partial charge in [-0.3, -0.25) is 9.36 Å². The molecular weight excluding hydrogens is 853 g/mol. The SMILES string of the molecule is CC(C)c1cccc(C(C)C)c1-n1c(-c2ccccc2)nc2cnc3c4ccccc4oc3c21.CC(C)c1cccc(C(C)C)c1Nc1c(N)cnc2c1oc1ccccc12.O=Cc1ccccc1. The lowest BCUT2D eigenvalue weighted by Crippen LogP contribution is -2.08. The van der Waals surface area contributed by atoms with Crippen LogP contribution in [0.5, 0.6) is 0 Å². The van der Waals surface area contributed by atoms with Crippen molar-refractivity contribution in [2.75, 3.05) is 11.1 Å². The number of nitrogens with two attached hydrogens (primary N) is 1. The summed E-state index contributed by atoms with van der Waals surface area (Å²) in [6, 6.07) is 48.7. The van der Waals surface area contributed by atoms with Crippen molar-refractivity contribution in [3.05, 3.63) is 186 Å². The normalized spacial score (nSPS) is 11.5. The fourth-order valence-corrected chi connectivity index (χ4v) is 9.10. The van der Waals surface area contributed by atoms with E-state index in [1.165, 1.54) is 27.9 Å². The number of nitrogens with zero attached hydrogens (tertiary/aromatic N) is 4. The molecule has 5 heterocycles. The fraction of sp³-hybridized carbons (Fsp3) is 0.200. The number of hydrogen-bond donors (Lipinski definition) is 2. The first-order valence-electron chi connectivity index (χ1n) is 23.8. The minimum Gasteiger partial charge on any atom is -0.452 e. The van der Waals surface area contributed by atoms with Crippen LogP contribution in [0.3, 0.4) is 0 Å². The van der Waals surface area contributed by atoms with E-state index in [2.05, 4.69) is 137 Å². The van der Waals surface area contributed by atoms with Crippen molar-refractivity contribution in [2.24, 2.45) is 0 Å². The number of aromatic nitrogens is 4. The van der Waals surface area contributed by atoms with Crippen molar-refractivity contribution in [2.45, 2.75) is 79.1 Å². The molecule has 5 aromatic heterocycles. The molecule has 9 heteroatoms. The number of carbonyl (C=O) groups excluding carboxylic acids is 1. The molecule has 0 saturated carbocycles. The maximum absolute atomic E-state index is 10.0. The molecule has 0 radical (unpaired) electrons. The Labute approximate surface area is 403 Å². The predicted molar refractivity (Wildman–Crippen MR) is 285 cm³/mol. The summed E-state index contributed by atoms with van der Waals surface area (Å²) in [4.78, 5) is 24.4. The summed E-state index contributed by atoms with van der Waals surface area (Å²) in [5.74, 6) is 2.38. The summed E-state index contributed by atoms with van der Waals surface area (Å²) in [5, 5.41) is 5.64. The number of aldehydes is 1. The van der Waals surface area contributed by atoms with E-state index in [1.807, 2.05) is 72.9 Å². The van der Waals surface area contributed by atoms with Crippen LogP contribution in [0.25, 0.3) is 72.2 Å². The number of nitrogens with one attached hydrogen (secondary N) is 1. The van der Waals surface area contributed by atoms with Crippen LogP contribution in [0.1, 0.15) is 112 Å². The topological polar surface area (TPSA) is 125 Å². The van der Waals surface area contributed by atoms with Crippen molar-refractivity contribution < 1.29 is 13.6 Å². The van der Waals surface area contributed by atoms with Crippen LogP contribution in [0, 0.1) is 0 Å². The van der Waals surface area contributed by atoms with Gasteiger partial charge in [0.2, 0.25) is 0 Å². The van der Waals surface area contributed by atoms with E-state index in [-0.39, 0.29) is 0 Å². The zero-order chi connectivity index (χ0) is 48.3. The summed E-state index contributed by atoms with van der Waals surface area (Å²) in [7, 11) is 0. The van der Waals surface area contributed by atoms with Crippen LogP contribution in [-0.2, 0) is 0 Å². The number of para-hydroxylation sites is 4. The van der Waals surface area contributed by atoms with Gasteiger partial charge in [-0.05, 0) is 70.2 Å². The number of pyridine rings is 2. The zero-order valence-electron chi connectivity index (χ0n) is 40.5. The summed E-state index contributed by atoms with van der Waals surface area (Å²) in [6.07, 6.45) is 4.43. The van der Waals surface area contributed by atoms with E-state index in [0.29, 0.717) is 34.9 Å². The number of benzene rings is 6. The molecule has 69 heavy (non-hydrogen) atoms. The molecule has 0 fully saturated rings. The highest BCUT2D eigenvalue weighted by molar-refractivity contribution is 6.12. The van der Waals surface area contributed by atoms with Gasteiger partial charge >= 0.3 is 0 Å². The molecule has 11 rings (SSSR count). The molecule has 0 aliphatic carbocycles. The smallest absolute Gasteiger partial charge is 0.180 e. The van der Waals surface area contributed by atoms with E-state index >= 15 is 0 Å². The number of furan rings is 2. The standard InChI is InChI=1S/C30H27N3O.C23H25N3O.C7H6O/c1-18(2)21-14-10-15-22(19(3)4)27(21)33-28-24(32-30(33)20-11-6-5-7-12-20)17-31-26-23-13-8-9-16-25(23)34-29(26)28;1-13(2)15-9-7-10-16(14(3)4)20(15)26-22-18(24)12-25-21-17-8-5-6-11-19(17)27-23(21)22;8-6-7-4-2-1-3-5-7/h5-19H,1-4H3;5-14H,24H2,1-4H3,(H,25,26);1-6H. The quantitative estimate of drug-likeness (QED) is 0.137. The van der Waals surface area contributed by atoms with Gasteiger partial charge < -0.3 is 19.9 Å². The maximum atomic E-state index is 10.0. The third-order valence-electron chi connectivity index (χ3n) is 12.6. The molecule has 0 aliphatic rings. The first-order valence-corrected chi connectivity index (χ1v) is 23.8. The molecule has 11 aromatic rings. The third-order valence-corrected chi connectivity index (χ3v) is 12.6. The van der Waals surface area contributed by atoms with Crippen LogP contribution in [0.4, 0.5) is 17.1 Å². The van der Waals surface area contributed by atoms with Gasteiger partial charge in [-0.1, -0.05) is 177 Å². The summed E-state index contributed by atoms with van der Waals surface area (Å²) in [6.45, 7) is 17.8. The van der Waals surface area contributed by atoms with E-state index in [0.717, 1.165) is 84.2 Å². The first-order chi connectivity index (χ1) is 33.4. The van der Waals surface area contributed by atoms with Gasteiger partial charge in [0.1, 0.15) is 51.0 Å². The third kappa shape index (κ3) is 8.96. The highest BCUT2D eigenvalue weighted by Gasteiger charge is 2.26. The van der Waals surface area contributed by atoms with Gasteiger partial charge in [0.25, 0.3) is 0 Å². The first kappa shape index (κ1) is 46.1. The lowest BCUT2D eigenvalue weighted by molar-refractivity contribution is 0.112. The van der Waals surface area contributed by atoms with Crippen molar-refractivity contribution in [1.82, 2.24) is 19.5 Å². The molecular formula is C60H58N6O3. The number of imidazole rings is 1. The second-order valence-corrected chi connectivity index (χ2v) is 18.6. The molecule has 9 nitrogen and oxygen atoms in total. The summed E-state index contributed by atoms with van der Waals surface area (Å²) >= 11 is 0. The van der Waals surface area contributed by atoms with E-state index in [4.69, 9.17) is 24.5 Å². The highest BCUT2D eigenvalue weighted by Crippen LogP contribution is 2.43. The lowest BCUT2D eigenvalue weighted by atomic mass is 9.92. The molecule has 6 aromatic carbocycles. The number of nitrogen functional groups attached to an aromatic ring is 1. The Morgan fingerprint density at radius 2 is 1.01 bits per heavy atom. The van der Waals surface area contributed by atoms with Gasteiger partial charge in [0, 0.05) is 27.6 Å². The minimum atomic E-state index is 0.350. The van der Waals surface area contributed by atoms with Crippen molar-refractivity contribution in [3.8, 4) is 17.1 Å². The Morgan fingerprint density at radius 1 is 0.536 bits per heavy atom. The Kier molecular flexibility index (Phi) is 13.1. The predicted octanol–water partition coefficient (Wildman–Crippen LogP) is 16.3. The second kappa shape index (κ2) is 19.7. The molecule has 0 spiro atoms. The Balaban J connectivity index is 0.000000151. The maximum Gasteiger partial charge on any atom is 0.180 e. The average molecular weight is 911 g/mol. The minimum absolute atomic E-state index is 0.350. The molecule has 0 amide bonds. The monoisotopic (exact) mass is 910 g/mol. The van der Waals surface area contributed by atoms with Crippen LogP contribution < -0.4 is 11.1 Å². The molecule has 0 atom stereocenters. The molecule has 3 N–H and O–H groups in total. The van der Waals surface area contributed by atoms with E-state index in [9.17, 15) is 4.79 Å². The number of anilines is 3. The van der Waals surface area contributed by atoms with E-state index in [1.54, 1.807) is 18.3 Å². The van der Waals surface area contributed by atoms with E-state index < -0.39 is 0 Å². The fourth-order valence-electron chi connectivity index (χ4n) is 9.10. The van der Waals surface area contributed by atoms with Crippen LogP contribution >= 0.6 is 0 Å². The Hall–Kier alpha value is -8.04. The summed E-state index contributed by atoms with van der Waals surface area (Å²) < 4.78 is 14.9. The van der Waals surface area contributed by atoms with Crippen LogP contribution in [0.15, 0.2) is 167 Å². The highest BCUT2D eigenvalue weighted by atomic mass is 16.3. The largest absolute Gasteiger partial charge is 0.452 e. The Morgan fingerprint density at radius 3 is 1.55 bits per heavy atom. The number of rotatable bonds is 9. The number of fused-ring (bicyclic) bond motifs is 8. The summed E-state index contributed by atoms with van der Waals surface area (Å²) in [5.41, 5.74) is 23.5. The molecule has 0 unspecified atom stereocenters. The molecule has 346 valence electrons. The van der Waals surface area contributed by atoms with Gasteiger partial charge in [-0.25, -0.2) is 15.0 Å². The second-order valence-electron chi connectivity index (χ2n) is 18.6. The van der Waals surface area contributed by atoms with Crippen molar-refractivity contribution >= 4 is 78.5 Å². The average Bonchev–Trinajstić information content (AvgIpc) is 4.07. The van der Waals surface area contributed by atoms with Gasteiger partial charge in [0.05, 0.1) is 23.8 Å². The van der Waals surface area contributed by atoms with Gasteiger partial charge in [-0.2, -0.15) is 0 Å². The number of hydrogen-bond acceptors (Lipinski definition) is 8. The molecule has 0 bridgehead atoms. The van der Waals surface area contributed by atoms with Crippen molar-refractivity contribution in [3.63, 3.8) is 0 Å².